The Morgan fingerprint density at radius 1 is 0.500 bits per heavy atom. The minimum Gasteiger partial charge on any atom is 5.00 e. The van der Waals surface area contributed by atoms with Gasteiger partial charge in [0.2, 0.25) is 0 Å². The van der Waals surface area contributed by atoms with Crippen LogP contribution in [-0.4, -0.2) is 20.3 Å². The predicted molar refractivity (Wildman–Crippen MR) is 11.3 cm³/mol. The van der Waals surface area contributed by atoms with Crippen LogP contribution in [0.25, 0.3) is 0 Å². The summed E-state index contributed by atoms with van der Waals surface area (Å²) in [6.45, 7) is 0. The molecule has 0 amide bonds. The average Bonchev–Trinajstić information content (AvgIpc) is 0.650. The second-order valence-electron chi connectivity index (χ2n) is 0.639. The van der Waals surface area contributed by atoms with E-state index in [4.69, 9.17) is 0 Å². The van der Waals surface area contributed by atoms with Gasteiger partial charge in [0.25, 0.3) is 0 Å². The van der Waals surface area contributed by atoms with Gasteiger partial charge in [0.15, 0.2) is 0 Å². The van der Waals surface area contributed by atoms with E-state index in [0.29, 0.717) is 0 Å². The topological polar surface area (TPSA) is 0 Å². The van der Waals surface area contributed by atoms with E-state index in [1.54, 1.807) is 0 Å². The summed E-state index contributed by atoms with van der Waals surface area (Å²) in [6.07, 6.45) is 0. The third-order valence-corrected chi connectivity index (χ3v) is 0. The van der Waals surface area contributed by atoms with Crippen molar-refractivity contribution < 1.29 is 60.0 Å². The first-order valence-electron chi connectivity index (χ1n) is 0.845. The maximum Gasteiger partial charge on any atom is 5.00 e. The van der Waals surface area contributed by atoms with Crippen molar-refractivity contribution in [1.29, 1.82) is 0 Å². The Morgan fingerprint density at radius 2 is 0.500 bits per heavy atom. The first-order valence-corrected chi connectivity index (χ1v) is 5.67. The van der Waals surface area contributed by atoms with Crippen molar-refractivity contribution in [2.75, 3.05) is 0 Å². The zero-order chi connectivity index (χ0) is 5.45. The van der Waals surface area contributed by atoms with Crippen LogP contribution < -0.4 is 23.5 Å². The Labute approximate surface area is 80.3 Å². The third kappa shape index (κ3) is 1430. The monoisotopic (exact) mass is 404 g/mol. The SMILES string of the molecule is [F-].[F-].[F-].[F-].[F-].[F][Sb]([F])([F])([F])[F].[Nb+5]. The van der Waals surface area contributed by atoms with Gasteiger partial charge in [-0.05, 0) is 0 Å². The molecule has 0 bridgehead atoms. The molecule has 0 aliphatic carbocycles. The van der Waals surface area contributed by atoms with Gasteiger partial charge in [-0.15, -0.1) is 0 Å². The smallest absolute Gasteiger partial charge is 5.00 e. The molecule has 12 heteroatoms. The molecule has 12 heavy (non-hydrogen) atoms. The van der Waals surface area contributed by atoms with Gasteiger partial charge in [-0.1, -0.05) is 0 Å². The van der Waals surface area contributed by atoms with Crippen LogP contribution in [-0.2, 0) is 22.4 Å². The molecule has 0 aromatic carbocycles. The van der Waals surface area contributed by atoms with Crippen LogP contribution >= 0.6 is 0 Å². The summed E-state index contributed by atoms with van der Waals surface area (Å²) >= 11 is -9.19. The van der Waals surface area contributed by atoms with E-state index in [2.05, 4.69) is 0 Å². The standard InChI is InChI=1S/10FH.Nb.Sb/h10*1H;;/q;;;;;;;;;;2*+5/p-10. The molecule has 0 rings (SSSR count). The number of hydrogen-bond acceptors (Lipinski definition) is 0. The number of hydrogen-bond donors (Lipinski definition) is 0. The van der Waals surface area contributed by atoms with Crippen LogP contribution in [0.1, 0.15) is 0 Å². The van der Waals surface area contributed by atoms with Gasteiger partial charge in [-0.25, -0.2) is 0 Å². The molecule has 0 unspecified atom stereocenters. The summed E-state index contributed by atoms with van der Waals surface area (Å²) in [5.41, 5.74) is 0. The molecule has 0 fully saturated rings. The van der Waals surface area contributed by atoms with Gasteiger partial charge in [0, 0.05) is 0 Å². The summed E-state index contributed by atoms with van der Waals surface area (Å²) in [5.74, 6) is 0. The van der Waals surface area contributed by atoms with E-state index < -0.39 is 20.3 Å². The van der Waals surface area contributed by atoms with Crippen molar-refractivity contribution >= 4 is 20.3 Å². The third-order valence-electron chi connectivity index (χ3n) is 0. The summed E-state index contributed by atoms with van der Waals surface area (Å²) in [6, 6.07) is 0. The maximum absolute atomic E-state index is 9.91. The van der Waals surface area contributed by atoms with E-state index in [1.807, 2.05) is 0 Å². The van der Waals surface area contributed by atoms with Gasteiger partial charge in [-0.2, -0.15) is 0 Å². The van der Waals surface area contributed by atoms with Crippen LogP contribution in [0.2, 0.25) is 0 Å². The predicted octanol–water partition coefficient (Wildman–Crippen LogP) is -13.3. The molecule has 0 nitrogen and oxygen atoms in total. The Balaban J connectivity index is -0.00000000833. The second kappa shape index (κ2) is 11.9. The van der Waals surface area contributed by atoms with Crippen LogP contribution in [0.4, 0.5) is 14.1 Å². The normalized spacial score (nSPS) is 9.58. The summed E-state index contributed by atoms with van der Waals surface area (Å²) in [4.78, 5) is 0. The molecule has 0 saturated heterocycles. The largest absolute Gasteiger partial charge is 5.00 e. The minimum atomic E-state index is -9.19. The van der Waals surface area contributed by atoms with Gasteiger partial charge in [0.05, 0.1) is 0 Å². The van der Waals surface area contributed by atoms with Gasteiger partial charge in [0.1, 0.15) is 0 Å². The molecule has 0 saturated carbocycles. The fraction of sp³-hybridized carbons (Fsp3) is 0. The van der Waals surface area contributed by atoms with E-state index in [-0.39, 0.29) is 45.9 Å². The van der Waals surface area contributed by atoms with Gasteiger partial charge in [-0.3, -0.25) is 0 Å². The maximum atomic E-state index is 9.91. The van der Waals surface area contributed by atoms with Crippen molar-refractivity contribution in [3.8, 4) is 0 Å². The molecule has 0 aliphatic rings. The molecule has 0 heterocycles. The molecule has 0 aliphatic heterocycles. The summed E-state index contributed by atoms with van der Waals surface area (Å²) in [7, 11) is 0. The molecule has 0 radical (unpaired) electrons. The molecule has 0 N–H and O–H groups in total. The van der Waals surface area contributed by atoms with Crippen molar-refractivity contribution in [3.63, 3.8) is 0 Å². The fourth-order valence-electron chi connectivity index (χ4n) is 0. The molecule has 0 aromatic heterocycles. The number of halogens is 10. The first-order chi connectivity index (χ1) is 2.24. The van der Waals surface area contributed by atoms with Crippen molar-refractivity contribution in [3.05, 3.63) is 0 Å². The van der Waals surface area contributed by atoms with Crippen LogP contribution in [0.15, 0.2) is 0 Å². The van der Waals surface area contributed by atoms with E-state index in [9.17, 15) is 14.1 Å². The Bertz CT molecular complexity index is 43.0. The van der Waals surface area contributed by atoms with E-state index in [1.165, 1.54) is 0 Å². The van der Waals surface area contributed by atoms with Crippen LogP contribution in [0.3, 0.4) is 0 Å². The van der Waals surface area contributed by atoms with Crippen molar-refractivity contribution in [2.24, 2.45) is 0 Å². The van der Waals surface area contributed by atoms with E-state index in [0.717, 1.165) is 0 Å². The Hall–Kier alpha value is 0.858. The molecule has 0 atom stereocenters. The molecular weight excluding hydrogens is 405 g/mol. The summed E-state index contributed by atoms with van der Waals surface area (Å²) in [5, 5.41) is 0. The van der Waals surface area contributed by atoms with Crippen molar-refractivity contribution in [2.45, 2.75) is 0 Å². The molecule has 0 spiro atoms. The van der Waals surface area contributed by atoms with Gasteiger partial charge < -0.3 is 23.5 Å². The molecular formula is F10NbSb. The molecule has 80 valence electrons. The van der Waals surface area contributed by atoms with Gasteiger partial charge >= 0.3 is 56.7 Å². The van der Waals surface area contributed by atoms with Crippen LogP contribution in [0, 0.1) is 0 Å². The summed E-state index contributed by atoms with van der Waals surface area (Å²) < 4.78 is 49.6. The average molecular weight is 405 g/mol. The zero-order valence-corrected chi connectivity index (χ0v) is 9.43. The first kappa shape index (κ1) is 52.7. The Morgan fingerprint density at radius 3 is 0.500 bits per heavy atom. The number of rotatable bonds is 0. The fourth-order valence-corrected chi connectivity index (χ4v) is 0. The minimum absolute atomic E-state index is 0. The second-order valence-corrected chi connectivity index (χ2v) is 4.29. The van der Waals surface area contributed by atoms with E-state index >= 15 is 0 Å². The Kier molecular flexibility index (Phi) is 52.1. The molecule has 0 aromatic rings. The van der Waals surface area contributed by atoms with Crippen LogP contribution in [0.5, 0.6) is 0 Å². The quantitative estimate of drug-likeness (QED) is 0.278. The van der Waals surface area contributed by atoms with Crippen molar-refractivity contribution in [1.82, 2.24) is 0 Å². The zero-order valence-electron chi connectivity index (χ0n) is 4.67.